The Balaban J connectivity index is 0.000000659. The van der Waals surface area contributed by atoms with Gasteiger partial charge in [-0.2, -0.15) is 0 Å². The van der Waals surface area contributed by atoms with Crippen molar-refractivity contribution in [1.29, 1.82) is 0 Å². The lowest BCUT2D eigenvalue weighted by Gasteiger charge is -2.47. The molecule has 0 unspecified atom stereocenters. The van der Waals surface area contributed by atoms with Crippen molar-refractivity contribution in [2.24, 2.45) is 5.41 Å². The van der Waals surface area contributed by atoms with Crippen molar-refractivity contribution in [1.82, 2.24) is 15.2 Å². The highest BCUT2D eigenvalue weighted by Crippen LogP contribution is 2.37. The van der Waals surface area contributed by atoms with Gasteiger partial charge in [0.25, 0.3) is 6.47 Å². The summed E-state index contributed by atoms with van der Waals surface area (Å²) < 4.78 is 0. The van der Waals surface area contributed by atoms with Crippen molar-refractivity contribution in [3.8, 4) is 0 Å². The number of rotatable bonds is 2. The molecule has 3 N–H and O–H groups in total. The van der Waals surface area contributed by atoms with Gasteiger partial charge >= 0.3 is 0 Å². The van der Waals surface area contributed by atoms with Gasteiger partial charge in [-0.1, -0.05) is 24.3 Å². The predicted molar refractivity (Wildman–Crippen MR) is 101 cm³/mol. The van der Waals surface area contributed by atoms with Crippen LogP contribution in [-0.2, 0) is 16.1 Å². The molecule has 2 fully saturated rings. The number of fused-ring (bicyclic) bond motifs is 1. The summed E-state index contributed by atoms with van der Waals surface area (Å²) in [5, 5.41) is 21.5. The fourth-order valence-corrected chi connectivity index (χ4v) is 4.20. The van der Waals surface area contributed by atoms with E-state index in [9.17, 15) is 9.90 Å². The van der Waals surface area contributed by atoms with Crippen molar-refractivity contribution in [3.05, 3.63) is 42.1 Å². The first kappa shape index (κ1) is 19.3. The number of hydrogen-bond donors (Lipinski definition) is 3. The molecule has 2 atom stereocenters. The SMILES string of the molecule is O=C1NCCC[C@]12CN(Cc1cccc3cccnc13)CC[C@H]2O.O=CO. The highest BCUT2D eigenvalue weighted by molar-refractivity contribution is 5.84. The summed E-state index contributed by atoms with van der Waals surface area (Å²) in [7, 11) is 0. The summed E-state index contributed by atoms with van der Waals surface area (Å²) >= 11 is 0. The Labute approximate surface area is 158 Å². The van der Waals surface area contributed by atoms with Crippen LogP contribution in [-0.4, -0.2) is 58.2 Å². The second-order valence-electron chi connectivity index (χ2n) is 7.13. The van der Waals surface area contributed by atoms with E-state index >= 15 is 0 Å². The molecular weight excluding hydrogens is 346 g/mol. The Bertz CT molecular complexity index is 807. The fourth-order valence-electron chi connectivity index (χ4n) is 4.20. The molecule has 7 nitrogen and oxygen atoms in total. The Hall–Kier alpha value is -2.51. The van der Waals surface area contributed by atoms with E-state index in [2.05, 4.69) is 39.5 Å². The molecule has 2 aromatic rings. The standard InChI is InChI=1S/C19H23N3O2.CH2O2/c23-16-7-11-22(13-19(16)8-3-10-21-18(19)24)12-15-5-1-4-14-6-2-9-20-17(14)15;2-1-3/h1-2,4-6,9,16,23H,3,7-8,10-13H2,(H,21,24);1H,(H,2,3)/t16-,19-;/m1./s1. The molecule has 144 valence electrons. The number of nitrogens with zero attached hydrogens (tertiary/aromatic N) is 2. The van der Waals surface area contributed by atoms with Gasteiger partial charge in [0.15, 0.2) is 0 Å². The van der Waals surface area contributed by atoms with Crippen LogP contribution in [0.15, 0.2) is 36.5 Å². The quantitative estimate of drug-likeness (QED) is 0.690. The zero-order valence-corrected chi connectivity index (χ0v) is 15.2. The molecule has 0 bridgehead atoms. The van der Waals surface area contributed by atoms with Crippen LogP contribution >= 0.6 is 0 Å². The first-order chi connectivity index (χ1) is 13.1. The number of nitrogens with one attached hydrogen (secondary N) is 1. The van der Waals surface area contributed by atoms with Gasteiger partial charge < -0.3 is 15.5 Å². The smallest absolute Gasteiger partial charge is 0.290 e. The van der Waals surface area contributed by atoms with Crippen LogP contribution < -0.4 is 5.32 Å². The largest absolute Gasteiger partial charge is 0.483 e. The van der Waals surface area contributed by atoms with Gasteiger partial charge in [-0.25, -0.2) is 0 Å². The van der Waals surface area contributed by atoms with Gasteiger partial charge in [0.1, 0.15) is 0 Å². The Morgan fingerprint density at radius 1 is 1.33 bits per heavy atom. The van der Waals surface area contributed by atoms with E-state index in [1.807, 2.05) is 12.3 Å². The third kappa shape index (κ3) is 3.94. The van der Waals surface area contributed by atoms with E-state index in [0.29, 0.717) is 13.0 Å². The number of aliphatic hydroxyl groups excluding tert-OH is 1. The van der Waals surface area contributed by atoms with Crippen LogP contribution in [0, 0.1) is 5.41 Å². The van der Waals surface area contributed by atoms with E-state index < -0.39 is 11.5 Å². The lowest BCUT2D eigenvalue weighted by atomic mass is 9.71. The first-order valence-corrected chi connectivity index (χ1v) is 9.20. The molecule has 27 heavy (non-hydrogen) atoms. The summed E-state index contributed by atoms with van der Waals surface area (Å²) in [6, 6.07) is 10.3. The van der Waals surface area contributed by atoms with Crippen molar-refractivity contribution in [2.75, 3.05) is 19.6 Å². The van der Waals surface area contributed by atoms with Gasteiger partial charge in [0, 0.05) is 37.8 Å². The second-order valence-corrected chi connectivity index (χ2v) is 7.13. The van der Waals surface area contributed by atoms with Crippen LogP contribution in [0.1, 0.15) is 24.8 Å². The predicted octanol–water partition coefficient (Wildman–Crippen LogP) is 1.40. The number of likely N-dealkylation sites (tertiary alicyclic amines) is 1. The molecule has 1 amide bonds. The maximum absolute atomic E-state index is 12.5. The monoisotopic (exact) mass is 371 g/mol. The van der Waals surface area contributed by atoms with Crippen LogP contribution in [0.2, 0.25) is 0 Å². The number of pyridine rings is 1. The maximum Gasteiger partial charge on any atom is 0.290 e. The molecule has 1 aromatic carbocycles. The number of hydrogen-bond acceptors (Lipinski definition) is 5. The summed E-state index contributed by atoms with van der Waals surface area (Å²) in [5.41, 5.74) is 1.55. The van der Waals surface area contributed by atoms with Gasteiger partial charge in [0.05, 0.1) is 17.0 Å². The van der Waals surface area contributed by atoms with Crippen molar-refractivity contribution >= 4 is 23.3 Å². The molecule has 0 radical (unpaired) electrons. The van der Waals surface area contributed by atoms with E-state index in [4.69, 9.17) is 9.90 Å². The van der Waals surface area contributed by atoms with Gasteiger partial charge in [-0.15, -0.1) is 0 Å². The van der Waals surface area contributed by atoms with E-state index in [0.717, 1.165) is 43.4 Å². The molecule has 4 rings (SSSR count). The van der Waals surface area contributed by atoms with E-state index in [1.54, 1.807) is 0 Å². The molecule has 0 aliphatic carbocycles. The first-order valence-electron chi connectivity index (χ1n) is 9.20. The van der Waals surface area contributed by atoms with E-state index in [-0.39, 0.29) is 12.4 Å². The third-order valence-electron chi connectivity index (χ3n) is 5.51. The number of amides is 1. The molecule has 2 aliphatic rings. The molecule has 2 aliphatic heterocycles. The number of para-hydroxylation sites is 1. The zero-order chi connectivity index (χ0) is 19.3. The van der Waals surface area contributed by atoms with Crippen LogP contribution in [0.4, 0.5) is 0 Å². The minimum atomic E-state index is -0.644. The number of carbonyl (C=O) groups is 2. The van der Waals surface area contributed by atoms with Crippen molar-refractivity contribution < 1.29 is 19.8 Å². The average Bonchev–Trinajstić information content (AvgIpc) is 2.68. The number of carbonyl (C=O) groups excluding carboxylic acids is 1. The number of benzene rings is 1. The fraction of sp³-hybridized carbons (Fsp3) is 0.450. The molecular formula is C20H25N3O4. The third-order valence-corrected chi connectivity index (χ3v) is 5.51. The Morgan fingerprint density at radius 2 is 2.11 bits per heavy atom. The topological polar surface area (TPSA) is 103 Å². The zero-order valence-electron chi connectivity index (χ0n) is 15.2. The maximum atomic E-state index is 12.5. The lowest BCUT2D eigenvalue weighted by molar-refractivity contribution is -0.149. The molecule has 3 heterocycles. The lowest BCUT2D eigenvalue weighted by Crippen LogP contribution is -2.61. The summed E-state index contributed by atoms with van der Waals surface area (Å²) in [4.78, 5) is 27.7. The summed E-state index contributed by atoms with van der Waals surface area (Å²) in [5.74, 6) is 0.0157. The minimum Gasteiger partial charge on any atom is -0.483 e. The van der Waals surface area contributed by atoms with Gasteiger partial charge in [-0.3, -0.25) is 19.5 Å². The van der Waals surface area contributed by atoms with Crippen LogP contribution in [0.3, 0.4) is 0 Å². The number of carboxylic acid groups (broad SMARTS) is 1. The van der Waals surface area contributed by atoms with Gasteiger partial charge in [0.2, 0.25) is 5.91 Å². The summed E-state index contributed by atoms with van der Waals surface area (Å²) in [6.07, 6.45) is 3.63. The number of aromatic nitrogens is 1. The Morgan fingerprint density at radius 3 is 2.89 bits per heavy atom. The second kappa shape index (κ2) is 8.45. The van der Waals surface area contributed by atoms with Gasteiger partial charge in [-0.05, 0) is 30.9 Å². The normalized spacial score (nSPS) is 25.5. The average molecular weight is 371 g/mol. The summed E-state index contributed by atoms with van der Waals surface area (Å²) in [6.45, 7) is 2.65. The minimum absolute atomic E-state index is 0.0157. The number of piperidine rings is 2. The number of aliphatic hydroxyl groups is 1. The molecule has 0 saturated carbocycles. The van der Waals surface area contributed by atoms with Crippen LogP contribution in [0.5, 0.6) is 0 Å². The highest BCUT2D eigenvalue weighted by Gasteiger charge is 2.49. The Kier molecular flexibility index (Phi) is 6.03. The highest BCUT2D eigenvalue weighted by atomic mass is 16.3. The van der Waals surface area contributed by atoms with Crippen molar-refractivity contribution in [2.45, 2.75) is 31.9 Å². The van der Waals surface area contributed by atoms with Crippen LogP contribution in [0.25, 0.3) is 10.9 Å². The van der Waals surface area contributed by atoms with Crippen molar-refractivity contribution in [3.63, 3.8) is 0 Å². The molecule has 2 saturated heterocycles. The molecule has 7 heteroatoms. The molecule has 1 spiro atoms. The molecule has 1 aromatic heterocycles. The van der Waals surface area contributed by atoms with E-state index in [1.165, 1.54) is 5.56 Å².